The molecule has 0 unspecified atom stereocenters. The Morgan fingerprint density at radius 2 is 1.56 bits per heavy atom. The summed E-state index contributed by atoms with van der Waals surface area (Å²) in [6, 6.07) is 33.3. The van der Waals surface area contributed by atoms with Crippen molar-refractivity contribution in [2.45, 2.75) is 30.5 Å². The van der Waals surface area contributed by atoms with Crippen molar-refractivity contribution in [1.29, 1.82) is 0 Å². The standard InChI is InChI=1S/C35H32N2O4/c1-2-21-35(34(39)36-31-29-15-8-6-13-27(29)28-14-7-9-16-30(28)31)32(24-11-4-3-5-12-24)41-33(37-35)25-17-19-26(20-18-25)40-23-10-22-38/h2-9,11-20,31-32,38H,1,10,21-23H2,(H,36,39)/t32-,35-/m1/s1. The van der Waals surface area contributed by atoms with Gasteiger partial charge in [-0.15, -0.1) is 6.58 Å². The fourth-order valence-electron chi connectivity index (χ4n) is 5.73. The van der Waals surface area contributed by atoms with Crippen LogP contribution in [0.15, 0.2) is 121 Å². The number of carbonyl (C=O) groups excluding carboxylic acids is 1. The van der Waals surface area contributed by atoms with Crippen LogP contribution in [0.25, 0.3) is 11.1 Å². The maximum Gasteiger partial charge on any atom is 0.253 e. The molecular formula is C35H32N2O4. The van der Waals surface area contributed by atoms with Gasteiger partial charge in [-0.1, -0.05) is 84.9 Å². The van der Waals surface area contributed by atoms with Gasteiger partial charge in [0.05, 0.1) is 12.6 Å². The van der Waals surface area contributed by atoms with E-state index in [-0.39, 0.29) is 18.6 Å². The summed E-state index contributed by atoms with van der Waals surface area (Å²) in [7, 11) is 0. The molecule has 1 aliphatic heterocycles. The van der Waals surface area contributed by atoms with Crippen molar-refractivity contribution in [2.24, 2.45) is 4.99 Å². The molecule has 1 amide bonds. The van der Waals surface area contributed by atoms with Crippen molar-refractivity contribution in [3.63, 3.8) is 0 Å². The number of carbonyl (C=O) groups is 1. The quantitative estimate of drug-likeness (QED) is 0.185. The first-order valence-electron chi connectivity index (χ1n) is 13.9. The van der Waals surface area contributed by atoms with E-state index in [4.69, 9.17) is 19.6 Å². The van der Waals surface area contributed by atoms with Crippen molar-refractivity contribution in [1.82, 2.24) is 5.32 Å². The Kier molecular flexibility index (Phi) is 7.40. The molecule has 41 heavy (non-hydrogen) atoms. The minimum absolute atomic E-state index is 0.0785. The van der Waals surface area contributed by atoms with Gasteiger partial charge in [0, 0.05) is 25.0 Å². The average molecular weight is 545 g/mol. The van der Waals surface area contributed by atoms with Crippen molar-refractivity contribution in [3.8, 4) is 16.9 Å². The Hall–Kier alpha value is -4.68. The van der Waals surface area contributed by atoms with Crippen LogP contribution in [-0.4, -0.2) is 35.7 Å². The van der Waals surface area contributed by atoms with Gasteiger partial charge in [0.25, 0.3) is 5.91 Å². The van der Waals surface area contributed by atoms with Crippen LogP contribution in [0, 0.1) is 0 Å². The van der Waals surface area contributed by atoms with Gasteiger partial charge in [-0.25, -0.2) is 4.99 Å². The van der Waals surface area contributed by atoms with Gasteiger partial charge in [0.2, 0.25) is 5.90 Å². The number of aliphatic hydroxyl groups is 1. The Bertz CT molecular complexity index is 1540. The molecule has 1 aliphatic carbocycles. The Labute approximate surface area is 240 Å². The highest BCUT2D eigenvalue weighted by Crippen LogP contribution is 2.46. The zero-order valence-electron chi connectivity index (χ0n) is 22.7. The number of rotatable bonds is 10. The third-order valence-corrected chi connectivity index (χ3v) is 7.70. The maximum atomic E-state index is 14.5. The van der Waals surface area contributed by atoms with Crippen LogP contribution in [0.1, 0.15) is 47.2 Å². The summed E-state index contributed by atoms with van der Waals surface area (Å²) in [5, 5.41) is 12.4. The van der Waals surface area contributed by atoms with E-state index in [1.54, 1.807) is 6.08 Å². The highest BCUT2D eigenvalue weighted by molar-refractivity contribution is 6.01. The molecule has 0 radical (unpaired) electrons. The van der Waals surface area contributed by atoms with Crippen molar-refractivity contribution < 1.29 is 19.4 Å². The van der Waals surface area contributed by atoms with Gasteiger partial charge in [-0.2, -0.15) is 0 Å². The fourth-order valence-corrected chi connectivity index (χ4v) is 5.73. The third-order valence-electron chi connectivity index (χ3n) is 7.70. The SMILES string of the molecule is C=CC[C@@]1(C(=O)NC2c3ccccc3-c3ccccc32)N=C(c2ccc(OCCCO)cc2)O[C@@H]1c1ccccc1. The van der Waals surface area contributed by atoms with E-state index in [2.05, 4.69) is 36.2 Å². The zero-order chi connectivity index (χ0) is 28.2. The third kappa shape index (κ3) is 4.92. The molecule has 0 fully saturated rings. The Balaban J connectivity index is 1.38. The first-order chi connectivity index (χ1) is 20.1. The van der Waals surface area contributed by atoms with Gasteiger partial charge in [0.1, 0.15) is 5.75 Å². The summed E-state index contributed by atoms with van der Waals surface area (Å²) in [5.41, 5.74) is 4.72. The number of ether oxygens (including phenoxy) is 2. The smallest absolute Gasteiger partial charge is 0.253 e. The van der Waals surface area contributed by atoms with Crippen LogP contribution >= 0.6 is 0 Å². The second-order valence-corrected chi connectivity index (χ2v) is 10.3. The van der Waals surface area contributed by atoms with E-state index in [0.29, 0.717) is 31.1 Å². The number of nitrogens with one attached hydrogen (secondary N) is 1. The number of nitrogens with zero attached hydrogens (tertiary/aromatic N) is 1. The van der Waals surface area contributed by atoms with E-state index in [1.807, 2.05) is 78.9 Å². The molecule has 6 nitrogen and oxygen atoms in total. The molecule has 0 aromatic heterocycles. The van der Waals surface area contributed by atoms with Crippen LogP contribution in [0.3, 0.4) is 0 Å². The number of aliphatic imine (C=N–C) groups is 1. The summed E-state index contributed by atoms with van der Waals surface area (Å²) in [6.45, 7) is 4.50. The molecule has 2 N–H and O–H groups in total. The van der Waals surface area contributed by atoms with Crippen LogP contribution in [0.4, 0.5) is 0 Å². The lowest BCUT2D eigenvalue weighted by atomic mass is 9.84. The summed E-state index contributed by atoms with van der Waals surface area (Å²) < 4.78 is 12.2. The van der Waals surface area contributed by atoms with Crippen LogP contribution in [-0.2, 0) is 9.53 Å². The van der Waals surface area contributed by atoms with E-state index in [1.165, 1.54) is 0 Å². The second-order valence-electron chi connectivity index (χ2n) is 10.3. The molecule has 206 valence electrons. The number of aliphatic hydroxyl groups excluding tert-OH is 1. The summed E-state index contributed by atoms with van der Waals surface area (Å²) in [6.07, 6.45) is 1.94. The molecular weight excluding hydrogens is 512 g/mol. The molecule has 0 saturated heterocycles. The van der Waals surface area contributed by atoms with Gasteiger partial charge in [-0.05, 0) is 52.1 Å². The van der Waals surface area contributed by atoms with Crippen LogP contribution in [0.2, 0.25) is 0 Å². The lowest BCUT2D eigenvalue weighted by molar-refractivity contribution is -0.129. The molecule has 2 aliphatic rings. The van der Waals surface area contributed by atoms with Crippen LogP contribution < -0.4 is 10.1 Å². The predicted molar refractivity (Wildman–Crippen MR) is 160 cm³/mol. The van der Waals surface area contributed by atoms with Gasteiger partial charge in [-0.3, -0.25) is 4.79 Å². The van der Waals surface area contributed by atoms with Crippen molar-refractivity contribution in [3.05, 3.63) is 138 Å². The van der Waals surface area contributed by atoms with Crippen molar-refractivity contribution >= 4 is 11.8 Å². The lowest BCUT2D eigenvalue weighted by Gasteiger charge is -2.31. The summed E-state index contributed by atoms with van der Waals surface area (Å²) >= 11 is 0. The normalized spacial score (nSPS) is 19.0. The number of benzene rings is 4. The largest absolute Gasteiger partial charge is 0.494 e. The molecule has 0 saturated carbocycles. The zero-order valence-corrected chi connectivity index (χ0v) is 22.7. The molecule has 0 spiro atoms. The number of hydrogen-bond acceptors (Lipinski definition) is 5. The first kappa shape index (κ1) is 26.5. The molecule has 4 aromatic rings. The molecule has 4 aromatic carbocycles. The second kappa shape index (κ2) is 11.4. The highest BCUT2D eigenvalue weighted by atomic mass is 16.5. The van der Waals surface area contributed by atoms with E-state index in [9.17, 15) is 4.79 Å². The Morgan fingerprint density at radius 3 is 2.20 bits per heavy atom. The minimum Gasteiger partial charge on any atom is -0.494 e. The van der Waals surface area contributed by atoms with Gasteiger partial charge in [0.15, 0.2) is 11.6 Å². The van der Waals surface area contributed by atoms with Crippen molar-refractivity contribution in [2.75, 3.05) is 13.2 Å². The number of hydrogen-bond donors (Lipinski definition) is 2. The van der Waals surface area contributed by atoms with Crippen LogP contribution in [0.5, 0.6) is 5.75 Å². The highest BCUT2D eigenvalue weighted by Gasteiger charge is 2.53. The topological polar surface area (TPSA) is 80.2 Å². The van der Waals surface area contributed by atoms with E-state index >= 15 is 0 Å². The van der Waals surface area contributed by atoms with E-state index < -0.39 is 11.6 Å². The summed E-state index contributed by atoms with van der Waals surface area (Å²) in [4.78, 5) is 19.5. The number of amides is 1. The molecule has 1 heterocycles. The van der Waals surface area contributed by atoms with Gasteiger partial charge >= 0.3 is 0 Å². The average Bonchev–Trinajstić information content (AvgIpc) is 3.56. The first-order valence-corrected chi connectivity index (χ1v) is 13.9. The molecule has 2 atom stereocenters. The monoisotopic (exact) mass is 544 g/mol. The van der Waals surface area contributed by atoms with E-state index in [0.717, 1.165) is 33.4 Å². The number of fused-ring (bicyclic) bond motifs is 3. The lowest BCUT2D eigenvalue weighted by Crippen LogP contribution is -2.49. The van der Waals surface area contributed by atoms with Gasteiger partial charge < -0.3 is 19.9 Å². The molecule has 0 bridgehead atoms. The Morgan fingerprint density at radius 1 is 0.927 bits per heavy atom. The predicted octanol–water partition coefficient (Wildman–Crippen LogP) is 6.17. The molecule has 6 heteroatoms. The minimum atomic E-state index is -1.26. The molecule has 6 rings (SSSR count). The fraction of sp³-hybridized carbons (Fsp3) is 0.200. The summed E-state index contributed by atoms with van der Waals surface area (Å²) in [5.74, 6) is 0.862. The maximum absolute atomic E-state index is 14.5.